The number of amides is 2. The van der Waals surface area contributed by atoms with Gasteiger partial charge >= 0.3 is 8.60 Å². The van der Waals surface area contributed by atoms with Gasteiger partial charge < -0.3 is 18.5 Å². The highest BCUT2D eigenvalue weighted by atomic mass is 35.5. The summed E-state index contributed by atoms with van der Waals surface area (Å²) in [4.78, 5) is 23.1. The van der Waals surface area contributed by atoms with Crippen molar-refractivity contribution in [3.8, 4) is 5.75 Å². The van der Waals surface area contributed by atoms with Crippen LogP contribution in [0.25, 0.3) is 0 Å². The summed E-state index contributed by atoms with van der Waals surface area (Å²) in [5.41, 5.74) is 1.78. The van der Waals surface area contributed by atoms with Crippen molar-refractivity contribution < 1.29 is 32.6 Å². The normalized spacial score (nSPS) is 17.6. The molecule has 2 aromatic carbocycles. The summed E-state index contributed by atoms with van der Waals surface area (Å²) in [6.45, 7) is 2.15. The summed E-state index contributed by atoms with van der Waals surface area (Å²) in [7, 11) is 1.51. The summed E-state index contributed by atoms with van der Waals surface area (Å²) in [6, 6.07) is 14.8. The van der Waals surface area contributed by atoms with Gasteiger partial charge in [0, 0.05) is 19.2 Å². The van der Waals surface area contributed by atoms with Gasteiger partial charge in [-0.05, 0) is 48.2 Å². The number of thioether (sulfide) groups is 1. The molecular weight excluding hydrogens is 501 g/mol. The predicted octanol–water partition coefficient (Wildman–Crippen LogP) is 5.64. The number of hydrogen-bond donors (Lipinski definition) is 1. The fraction of sp³-hybridized carbons (Fsp3) is 0.391. The van der Waals surface area contributed by atoms with E-state index in [2.05, 4.69) is 5.32 Å². The largest absolute Gasteiger partial charge is 0.491 e. The van der Waals surface area contributed by atoms with Gasteiger partial charge in [-0.2, -0.15) is 0 Å². The van der Waals surface area contributed by atoms with Gasteiger partial charge in [-0.1, -0.05) is 54.6 Å². The number of imide groups is 1. The van der Waals surface area contributed by atoms with Crippen molar-refractivity contribution >= 4 is 43.1 Å². The van der Waals surface area contributed by atoms with Crippen LogP contribution in [0, 0.1) is 0 Å². The Bertz CT molecular complexity index is 961. The van der Waals surface area contributed by atoms with E-state index >= 15 is 0 Å². The van der Waals surface area contributed by atoms with Crippen molar-refractivity contribution in [1.82, 2.24) is 5.32 Å². The summed E-state index contributed by atoms with van der Waals surface area (Å²) in [5.74, 6) is 0.388. The first-order valence-corrected chi connectivity index (χ1v) is 13.0. The number of rotatable bonds is 13. The van der Waals surface area contributed by atoms with Crippen LogP contribution < -0.4 is 10.1 Å². The molecule has 0 aliphatic carbocycles. The molecule has 3 atom stereocenters. The van der Waals surface area contributed by atoms with Crippen LogP contribution >= 0.6 is 32.0 Å². The molecule has 34 heavy (non-hydrogen) atoms. The predicted molar refractivity (Wildman–Crippen MR) is 132 cm³/mol. The van der Waals surface area contributed by atoms with Crippen LogP contribution in [0.2, 0.25) is 5.02 Å². The highest BCUT2D eigenvalue weighted by Crippen LogP contribution is 2.40. The molecule has 1 N–H and O–H groups in total. The summed E-state index contributed by atoms with van der Waals surface area (Å²) in [5, 5.41) is 2.18. The monoisotopic (exact) mass is 527 g/mol. The highest BCUT2D eigenvalue weighted by Gasteiger charge is 2.31. The number of ether oxygens (including phenoxy) is 2. The molecule has 8 nitrogen and oxygen atoms in total. The lowest BCUT2D eigenvalue weighted by molar-refractivity contribution is -0.137. The molecule has 1 fully saturated rings. The van der Waals surface area contributed by atoms with E-state index in [9.17, 15) is 9.59 Å². The van der Waals surface area contributed by atoms with Gasteiger partial charge in [0.25, 0.3) is 5.24 Å². The third kappa shape index (κ3) is 7.92. The second-order valence-corrected chi connectivity index (χ2v) is 10.3. The Morgan fingerprint density at radius 1 is 1.12 bits per heavy atom. The zero-order valence-electron chi connectivity index (χ0n) is 19.1. The number of carbonyl (C=O) groups excluding carboxylic acids is 2. The Hall–Kier alpha value is -1.71. The van der Waals surface area contributed by atoms with E-state index in [1.807, 2.05) is 49.4 Å². The van der Waals surface area contributed by atoms with Crippen LogP contribution in [-0.4, -0.2) is 43.5 Å². The van der Waals surface area contributed by atoms with Gasteiger partial charge in [-0.25, -0.2) is 0 Å². The molecule has 0 radical (unpaired) electrons. The molecule has 0 aromatic heterocycles. The van der Waals surface area contributed by atoms with Crippen LogP contribution in [-0.2, 0) is 29.5 Å². The molecule has 11 heteroatoms. The van der Waals surface area contributed by atoms with Crippen molar-refractivity contribution in [2.24, 2.45) is 0 Å². The van der Waals surface area contributed by atoms with Crippen LogP contribution in [0.3, 0.4) is 0 Å². The quantitative estimate of drug-likeness (QED) is 0.264. The second kappa shape index (κ2) is 13.4. The van der Waals surface area contributed by atoms with E-state index in [0.29, 0.717) is 23.6 Å². The number of carbonyl (C=O) groups is 2. The van der Waals surface area contributed by atoms with Crippen molar-refractivity contribution in [3.05, 3.63) is 64.7 Å². The van der Waals surface area contributed by atoms with Crippen LogP contribution in [0.5, 0.6) is 5.75 Å². The topological polar surface area (TPSA) is 92.3 Å². The standard InChI is InChI=1S/C23H27ClNO7PS/c1-4-21(32-33(28-2)29-3)31-19(16-6-5-7-17(24)13-16)14-30-18-10-8-15(9-11-18)12-20-22(26)25-23(27)34-20/h5-11,13,19-21H,4,12,14H2,1-3H3,(H,25,26,27). The molecule has 1 aliphatic heterocycles. The summed E-state index contributed by atoms with van der Waals surface area (Å²) < 4.78 is 28.4. The minimum atomic E-state index is -1.52. The van der Waals surface area contributed by atoms with Crippen molar-refractivity contribution in [3.63, 3.8) is 0 Å². The third-order valence-electron chi connectivity index (χ3n) is 4.88. The maximum atomic E-state index is 11.8. The first kappa shape index (κ1) is 26.9. The Kier molecular flexibility index (Phi) is 10.6. The molecule has 0 bridgehead atoms. The molecule has 3 rings (SSSR count). The number of nitrogens with one attached hydrogen (secondary N) is 1. The van der Waals surface area contributed by atoms with Gasteiger partial charge in [-0.3, -0.25) is 19.4 Å². The molecule has 2 amide bonds. The van der Waals surface area contributed by atoms with Crippen LogP contribution in [0.4, 0.5) is 4.79 Å². The van der Waals surface area contributed by atoms with Gasteiger partial charge in [0.05, 0.1) is 5.25 Å². The fourth-order valence-electron chi connectivity index (χ4n) is 3.19. The van der Waals surface area contributed by atoms with E-state index < -0.39 is 26.2 Å². The summed E-state index contributed by atoms with van der Waals surface area (Å²) >= 11 is 7.21. The third-order valence-corrected chi connectivity index (χ3v) is 7.10. The van der Waals surface area contributed by atoms with Gasteiger partial charge in [0.15, 0.2) is 6.29 Å². The Labute approximate surface area is 209 Å². The van der Waals surface area contributed by atoms with Crippen molar-refractivity contribution in [2.45, 2.75) is 37.4 Å². The summed E-state index contributed by atoms with van der Waals surface area (Å²) in [6.07, 6.45) is 0.0122. The molecule has 2 aromatic rings. The number of hydrogen-bond acceptors (Lipinski definition) is 8. The van der Waals surface area contributed by atoms with E-state index in [1.54, 1.807) is 6.07 Å². The van der Waals surface area contributed by atoms with E-state index in [4.69, 9.17) is 34.6 Å². The lowest BCUT2D eigenvalue weighted by atomic mass is 10.1. The minimum Gasteiger partial charge on any atom is -0.491 e. The average Bonchev–Trinajstić information content (AvgIpc) is 3.15. The van der Waals surface area contributed by atoms with Gasteiger partial charge in [-0.15, -0.1) is 0 Å². The Morgan fingerprint density at radius 3 is 2.44 bits per heavy atom. The minimum absolute atomic E-state index is 0.215. The average molecular weight is 528 g/mol. The maximum Gasteiger partial charge on any atom is 0.334 e. The number of halogens is 1. The molecule has 184 valence electrons. The molecule has 0 spiro atoms. The lowest BCUT2D eigenvalue weighted by Crippen LogP contribution is -2.25. The van der Waals surface area contributed by atoms with E-state index in [0.717, 1.165) is 22.9 Å². The van der Waals surface area contributed by atoms with Crippen molar-refractivity contribution in [2.75, 3.05) is 20.8 Å². The zero-order valence-corrected chi connectivity index (χ0v) is 21.5. The smallest absolute Gasteiger partial charge is 0.334 e. The van der Waals surface area contributed by atoms with Crippen molar-refractivity contribution in [1.29, 1.82) is 0 Å². The molecular formula is C23H27ClNO7PS. The lowest BCUT2D eigenvalue weighted by Gasteiger charge is -2.26. The first-order valence-electron chi connectivity index (χ1n) is 10.6. The fourth-order valence-corrected chi connectivity index (χ4v) is 4.96. The van der Waals surface area contributed by atoms with Crippen LogP contribution in [0.1, 0.15) is 30.6 Å². The Morgan fingerprint density at radius 2 is 1.85 bits per heavy atom. The maximum absolute atomic E-state index is 11.8. The Balaban J connectivity index is 1.65. The molecule has 1 heterocycles. The molecule has 3 unspecified atom stereocenters. The van der Waals surface area contributed by atoms with E-state index in [1.165, 1.54) is 14.2 Å². The highest BCUT2D eigenvalue weighted by molar-refractivity contribution is 8.15. The zero-order chi connectivity index (χ0) is 24.5. The SMILES string of the molecule is CCC(OC(COc1ccc(CC2SC(=O)NC2=O)cc1)c1cccc(Cl)c1)OP(OC)OC. The second-order valence-electron chi connectivity index (χ2n) is 7.25. The molecule has 1 aliphatic rings. The van der Waals surface area contributed by atoms with Gasteiger partial charge in [0.1, 0.15) is 18.5 Å². The molecule has 0 saturated carbocycles. The van der Waals surface area contributed by atoms with E-state index in [-0.39, 0.29) is 17.8 Å². The first-order chi connectivity index (χ1) is 16.4. The van der Waals surface area contributed by atoms with Crippen LogP contribution in [0.15, 0.2) is 48.5 Å². The van der Waals surface area contributed by atoms with Gasteiger partial charge in [0.2, 0.25) is 5.91 Å². The number of benzene rings is 2. The molecule has 1 saturated heterocycles.